The summed E-state index contributed by atoms with van der Waals surface area (Å²) in [7, 11) is 1.63. The molecule has 5 nitrogen and oxygen atoms in total. The molecule has 2 rings (SSSR count). The van der Waals surface area contributed by atoms with Gasteiger partial charge >= 0.3 is 0 Å². The molecule has 0 heterocycles. The smallest absolute Gasteiger partial charge is 0.244 e. The van der Waals surface area contributed by atoms with E-state index in [1.54, 1.807) is 25.3 Å². The highest BCUT2D eigenvalue weighted by Crippen LogP contribution is 2.20. The van der Waals surface area contributed by atoms with Crippen LogP contribution in [0.1, 0.15) is 37.4 Å². The van der Waals surface area contributed by atoms with Crippen LogP contribution in [-0.2, 0) is 9.59 Å². The predicted octanol–water partition coefficient (Wildman–Crippen LogP) is 3.93. The lowest BCUT2D eigenvalue weighted by Gasteiger charge is -2.16. The SMILES string of the molecule is CCC(NC(=O)/C=C/c1ccc(NC(C)=O)cc1)c1ccc(OC)cc1. The highest BCUT2D eigenvalue weighted by atomic mass is 16.5. The van der Waals surface area contributed by atoms with Gasteiger partial charge in [0.05, 0.1) is 13.2 Å². The van der Waals surface area contributed by atoms with Gasteiger partial charge in [-0.05, 0) is 47.9 Å². The number of amides is 2. The van der Waals surface area contributed by atoms with Crippen LogP contribution in [0.25, 0.3) is 6.08 Å². The molecule has 0 saturated carbocycles. The topological polar surface area (TPSA) is 67.4 Å². The van der Waals surface area contributed by atoms with Crippen molar-refractivity contribution in [1.82, 2.24) is 5.32 Å². The number of anilines is 1. The molecular formula is C21H24N2O3. The van der Waals surface area contributed by atoms with Gasteiger partial charge in [0.1, 0.15) is 5.75 Å². The van der Waals surface area contributed by atoms with Crippen molar-refractivity contribution in [2.24, 2.45) is 0 Å². The minimum Gasteiger partial charge on any atom is -0.497 e. The molecule has 136 valence electrons. The lowest BCUT2D eigenvalue weighted by Crippen LogP contribution is -2.26. The summed E-state index contributed by atoms with van der Waals surface area (Å²) >= 11 is 0. The van der Waals surface area contributed by atoms with Crippen LogP contribution in [0.3, 0.4) is 0 Å². The number of carbonyl (C=O) groups is 2. The first kappa shape index (κ1) is 19.2. The molecule has 5 heteroatoms. The minimum absolute atomic E-state index is 0.0554. The van der Waals surface area contributed by atoms with Crippen molar-refractivity contribution >= 4 is 23.6 Å². The Morgan fingerprint density at radius 1 is 1.08 bits per heavy atom. The Kier molecular flexibility index (Phi) is 6.97. The van der Waals surface area contributed by atoms with E-state index in [0.29, 0.717) is 0 Å². The molecular weight excluding hydrogens is 328 g/mol. The number of nitrogens with one attached hydrogen (secondary N) is 2. The number of ether oxygens (including phenoxy) is 1. The third-order valence-electron chi connectivity index (χ3n) is 3.90. The highest BCUT2D eigenvalue weighted by Gasteiger charge is 2.11. The van der Waals surface area contributed by atoms with Crippen LogP contribution in [0.5, 0.6) is 5.75 Å². The number of methoxy groups -OCH3 is 1. The van der Waals surface area contributed by atoms with Crippen LogP contribution in [0, 0.1) is 0 Å². The second-order valence-corrected chi connectivity index (χ2v) is 5.88. The van der Waals surface area contributed by atoms with E-state index in [2.05, 4.69) is 10.6 Å². The highest BCUT2D eigenvalue weighted by molar-refractivity contribution is 5.92. The molecule has 0 aromatic heterocycles. The number of hydrogen-bond acceptors (Lipinski definition) is 3. The Hall–Kier alpha value is -3.08. The van der Waals surface area contributed by atoms with Gasteiger partial charge in [-0.3, -0.25) is 9.59 Å². The summed E-state index contributed by atoms with van der Waals surface area (Å²) in [5, 5.41) is 5.71. The molecule has 1 atom stereocenters. The van der Waals surface area contributed by atoms with E-state index in [9.17, 15) is 9.59 Å². The van der Waals surface area contributed by atoms with Gasteiger partial charge in [-0.2, -0.15) is 0 Å². The molecule has 0 bridgehead atoms. The van der Waals surface area contributed by atoms with Gasteiger partial charge in [0, 0.05) is 18.7 Å². The number of carbonyl (C=O) groups excluding carboxylic acids is 2. The van der Waals surface area contributed by atoms with Crippen LogP contribution in [0.2, 0.25) is 0 Å². The first-order valence-corrected chi connectivity index (χ1v) is 8.52. The number of hydrogen-bond donors (Lipinski definition) is 2. The van der Waals surface area contributed by atoms with Crippen molar-refractivity contribution in [1.29, 1.82) is 0 Å². The quantitative estimate of drug-likeness (QED) is 0.742. The zero-order valence-corrected chi connectivity index (χ0v) is 15.3. The summed E-state index contributed by atoms with van der Waals surface area (Å²) in [6.07, 6.45) is 4.05. The fraction of sp³-hybridized carbons (Fsp3) is 0.238. The Morgan fingerprint density at radius 2 is 1.73 bits per heavy atom. The van der Waals surface area contributed by atoms with Gasteiger partial charge in [-0.25, -0.2) is 0 Å². The molecule has 0 fully saturated rings. The Bertz CT molecular complexity index is 765. The lowest BCUT2D eigenvalue weighted by molar-refractivity contribution is -0.117. The van der Waals surface area contributed by atoms with E-state index in [1.165, 1.54) is 13.0 Å². The maximum Gasteiger partial charge on any atom is 0.244 e. The van der Waals surface area contributed by atoms with E-state index in [-0.39, 0.29) is 17.9 Å². The normalized spacial score (nSPS) is 11.8. The summed E-state index contributed by atoms with van der Waals surface area (Å²) in [5.41, 5.74) is 2.64. The molecule has 0 radical (unpaired) electrons. The molecule has 2 N–H and O–H groups in total. The molecule has 0 aliphatic rings. The molecule has 1 unspecified atom stereocenters. The van der Waals surface area contributed by atoms with Crippen molar-refractivity contribution in [2.45, 2.75) is 26.3 Å². The van der Waals surface area contributed by atoms with Gasteiger partial charge in [0.25, 0.3) is 0 Å². The molecule has 26 heavy (non-hydrogen) atoms. The van der Waals surface area contributed by atoms with Gasteiger partial charge < -0.3 is 15.4 Å². The third-order valence-corrected chi connectivity index (χ3v) is 3.90. The van der Waals surface area contributed by atoms with Gasteiger partial charge in [-0.15, -0.1) is 0 Å². The molecule has 2 aromatic rings. The second kappa shape index (κ2) is 9.42. The summed E-state index contributed by atoms with van der Waals surface area (Å²) in [5.74, 6) is 0.521. The Labute approximate surface area is 154 Å². The van der Waals surface area contributed by atoms with Crippen LogP contribution in [0.15, 0.2) is 54.6 Å². The average Bonchev–Trinajstić information content (AvgIpc) is 2.65. The molecule has 2 amide bonds. The first-order chi connectivity index (χ1) is 12.5. The van der Waals surface area contributed by atoms with Crippen molar-refractivity contribution in [2.75, 3.05) is 12.4 Å². The van der Waals surface area contributed by atoms with Crippen LogP contribution >= 0.6 is 0 Å². The maximum atomic E-state index is 12.2. The van der Waals surface area contributed by atoms with E-state index in [1.807, 2.05) is 43.3 Å². The van der Waals surface area contributed by atoms with Gasteiger partial charge in [0.15, 0.2) is 0 Å². The summed E-state index contributed by atoms with van der Waals surface area (Å²) < 4.78 is 5.16. The van der Waals surface area contributed by atoms with Crippen LogP contribution in [-0.4, -0.2) is 18.9 Å². The van der Waals surface area contributed by atoms with E-state index >= 15 is 0 Å². The average molecular weight is 352 g/mol. The summed E-state index contributed by atoms with van der Waals surface area (Å²) in [6.45, 7) is 3.49. The largest absolute Gasteiger partial charge is 0.497 e. The fourth-order valence-electron chi connectivity index (χ4n) is 2.53. The first-order valence-electron chi connectivity index (χ1n) is 8.52. The molecule has 0 saturated heterocycles. The van der Waals surface area contributed by atoms with E-state index in [0.717, 1.165) is 29.0 Å². The summed E-state index contributed by atoms with van der Waals surface area (Å²) in [4.78, 5) is 23.2. The zero-order valence-electron chi connectivity index (χ0n) is 15.3. The third kappa shape index (κ3) is 5.77. The predicted molar refractivity (Wildman–Crippen MR) is 104 cm³/mol. The molecule has 0 spiro atoms. The lowest BCUT2D eigenvalue weighted by atomic mass is 10.0. The summed E-state index contributed by atoms with van der Waals surface area (Å²) in [6, 6.07) is 14.9. The van der Waals surface area contributed by atoms with Crippen LogP contribution in [0.4, 0.5) is 5.69 Å². The number of rotatable bonds is 7. The van der Waals surface area contributed by atoms with Crippen molar-refractivity contribution in [3.63, 3.8) is 0 Å². The fourth-order valence-corrected chi connectivity index (χ4v) is 2.53. The van der Waals surface area contributed by atoms with Crippen LogP contribution < -0.4 is 15.4 Å². The van der Waals surface area contributed by atoms with Crippen molar-refractivity contribution < 1.29 is 14.3 Å². The molecule has 0 aliphatic heterocycles. The monoisotopic (exact) mass is 352 g/mol. The van der Waals surface area contributed by atoms with Gasteiger partial charge in [0.2, 0.25) is 11.8 Å². The zero-order chi connectivity index (χ0) is 18.9. The minimum atomic E-state index is -0.154. The Morgan fingerprint density at radius 3 is 2.27 bits per heavy atom. The van der Waals surface area contributed by atoms with Crippen molar-refractivity contribution in [3.05, 3.63) is 65.7 Å². The number of benzene rings is 2. The van der Waals surface area contributed by atoms with E-state index in [4.69, 9.17) is 4.74 Å². The maximum absolute atomic E-state index is 12.2. The van der Waals surface area contributed by atoms with Crippen molar-refractivity contribution in [3.8, 4) is 5.75 Å². The van der Waals surface area contributed by atoms with Gasteiger partial charge in [-0.1, -0.05) is 31.2 Å². The Balaban J connectivity index is 1.96. The second-order valence-electron chi connectivity index (χ2n) is 5.88. The standard InChI is InChI=1S/C21H24N2O3/c1-4-20(17-8-12-19(26-3)13-9-17)23-21(25)14-7-16-5-10-18(11-6-16)22-15(2)24/h5-14,20H,4H2,1-3H3,(H,22,24)(H,23,25)/b14-7+. The molecule has 0 aliphatic carbocycles. The van der Waals surface area contributed by atoms with E-state index < -0.39 is 0 Å². The molecule has 2 aromatic carbocycles.